The van der Waals surface area contributed by atoms with Crippen molar-refractivity contribution in [2.75, 3.05) is 6.54 Å². The average molecular weight is 392 g/mol. The SMILES string of the molecule is CCn1ccc(C(=O)N2CCCC[C@@H]2c2cc(-c3ccc(F)cc3)cc(C)n2)n1. The van der Waals surface area contributed by atoms with Crippen LogP contribution in [0, 0.1) is 12.7 Å². The Balaban J connectivity index is 1.67. The Kier molecular flexibility index (Phi) is 5.43. The van der Waals surface area contributed by atoms with E-state index in [1.54, 1.807) is 22.9 Å². The van der Waals surface area contributed by atoms with Gasteiger partial charge in [0.2, 0.25) is 0 Å². The third kappa shape index (κ3) is 4.06. The molecule has 6 heteroatoms. The second kappa shape index (κ2) is 8.15. The van der Waals surface area contributed by atoms with Crippen LogP contribution in [0.3, 0.4) is 0 Å². The highest BCUT2D eigenvalue weighted by Crippen LogP contribution is 2.33. The smallest absolute Gasteiger partial charge is 0.274 e. The molecule has 0 aliphatic carbocycles. The molecule has 0 saturated carbocycles. The first-order valence-electron chi connectivity index (χ1n) is 10.1. The number of rotatable bonds is 4. The highest BCUT2D eigenvalue weighted by Gasteiger charge is 2.31. The molecular weight excluding hydrogens is 367 g/mol. The molecule has 5 nitrogen and oxygen atoms in total. The Morgan fingerprint density at radius 3 is 2.66 bits per heavy atom. The first-order chi connectivity index (χ1) is 14.0. The second-order valence-electron chi connectivity index (χ2n) is 7.50. The fourth-order valence-electron chi connectivity index (χ4n) is 3.96. The van der Waals surface area contributed by atoms with Crippen LogP contribution in [0.4, 0.5) is 4.39 Å². The Labute approximate surface area is 170 Å². The molecule has 3 aromatic rings. The Hall–Kier alpha value is -3.02. The number of piperidine rings is 1. The van der Waals surface area contributed by atoms with Gasteiger partial charge in [0.05, 0.1) is 11.7 Å². The van der Waals surface area contributed by atoms with Gasteiger partial charge in [0.1, 0.15) is 11.5 Å². The molecule has 0 N–H and O–H groups in total. The van der Waals surface area contributed by atoms with Gasteiger partial charge in [-0.2, -0.15) is 5.10 Å². The number of halogens is 1. The number of hydrogen-bond donors (Lipinski definition) is 0. The summed E-state index contributed by atoms with van der Waals surface area (Å²) in [5.41, 5.74) is 4.17. The predicted octanol–water partition coefficient (Wildman–Crippen LogP) is 4.78. The molecule has 1 aliphatic heterocycles. The number of amides is 1. The van der Waals surface area contributed by atoms with Crippen LogP contribution in [0.5, 0.6) is 0 Å². The number of aromatic nitrogens is 3. The van der Waals surface area contributed by atoms with E-state index in [4.69, 9.17) is 4.98 Å². The van der Waals surface area contributed by atoms with E-state index >= 15 is 0 Å². The van der Waals surface area contributed by atoms with E-state index in [0.717, 1.165) is 48.3 Å². The lowest BCUT2D eigenvalue weighted by Crippen LogP contribution is -2.39. The zero-order valence-electron chi connectivity index (χ0n) is 16.8. The van der Waals surface area contributed by atoms with Gasteiger partial charge in [0.15, 0.2) is 0 Å². The van der Waals surface area contributed by atoms with Gasteiger partial charge in [0.25, 0.3) is 5.91 Å². The Morgan fingerprint density at radius 1 is 1.14 bits per heavy atom. The van der Waals surface area contributed by atoms with Crippen LogP contribution in [0.1, 0.15) is 54.1 Å². The van der Waals surface area contributed by atoms with Crippen molar-refractivity contribution in [3.05, 3.63) is 71.6 Å². The van der Waals surface area contributed by atoms with Crippen molar-refractivity contribution in [3.63, 3.8) is 0 Å². The van der Waals surface area contributed by atoms with E-state index < -0.39 is 0 Å². The maximum atomic E-state index is 13.3. The summed E-state index contributed by atoms with van der Waals surface area (Å²) >= 11 is 0. The highest BCUT2D eigenvalue weighted by atomic mass is 19.1. The third-order valence-electron chi connectivity index (χ3n) is 5.44. The van der Waals surface area contributed by atoms with Crippen LogP contribution in [0.25, 0.3) is 11.1 Å². The van der Waals surface area contributed by atoms with E-state index in [1.165, 1.54) is 12.1 Å². The quantitative estimate of drug-likeness (QED) is 0.642. The van der Waals surface area contributed by atoms with Gasteiger partial charge in [-0.15, -0.1) is 0 Å². The number of carbonyl (C=O) groups is 1. The lowest BCUT2D eigenvalue weighted by Gasteiger charge is -2.35. The molecule has 1 fully saturated rings. The number of aryl methyl sites for hydroxylation is 2. The second-order valence-corrected chi connectivity index (χ2v) is 7.50. The lowest BCUT2D eigenvalue weighted by molar-refractivity contribution is 0.0599. The maximum Gasteiger partial charge on any atom is 0.274 e. The molecule has 2 aromatic heterocycles. The molecule has 4 rings (SSSR count). The van der Waals surface area contributed by atoms with Gasteiger partial charge in [0, 0.05) is 25.0 Å². The molecule has 1 atom stereocenters. The number of carbonyl (C=O) groups excluding carboxylic acids is 1. The summed E-state index contributed by atoms with van der Waals surface area (Å²) in [7, 11) is 0. The van der Waals surface area contributed by atoms with Crippen molar-refractivity contribution in [1.82, 2.24) is 19.7 Å². The number of pyridine rings is 1. The van der Waals surface area contributed by atoms with Gasteiger partial charge in [-0.05, 0) is 74.6 Å². The summed E-state index contributed by atoms with van der Waals surface area (Å²) in [5, 5.41) is 4.39. The van der Waals surface area contributed by atoms with Gasteiger partial charge >= 0.3 is 0 Å². The highest BCUT2D eigenvalue weighted by molar-refractivity contribution is 5.92. The number of benzene rings is 1. The van der Waals surface area contributed by atoms with Crippen molar-refractivity contribution in [2.24, 2.45) is 0 Å². The fourth-order valence-corrected chi connectivity index (χ4v) is 3.96. The molecule has 0 spiro atoms. The fraction of sp³-hybridized carbons (Fsp3) is 0.348. The van der Waals surface area contributed by atoms with Crippen molar-refractivity contribution >= 4 is 5.91 Å². The topological polar surface area (TPSA) is 51.0 Å². The minimum atomic E-state index is -0.254. The summed E-state index contributed by atoms with van der Waals surface area (Å²) in [4.78, 5) is 19.8. The van der Waals surface area contributed by atoms with Crippen LogP contribution in [-0.4, -0.2) is 32.1 Å². The Bertz CT molecular complexity index is 1010. The first kappa shape index (κ1) is 19.3. The van der Waals surface area contributed by atoms with E-state index in [1.807, 2.05) is 37.1 Å². The van der Waals surface area contributed by atoms with Crippen molar-refractivity contribution in [2.45, 2.75) is 45.7 Å². The third-order valence-corrected chi connectivity index (χ3v) is 5.44. The number of likely N-dealkylation sites (tertiary alicyclic amines) is 1. The zero-order valence-corrected chi connectivity index (χ0v) is 16.8. The largest absolute Gasteiger partial charge is 0.329 e. The molecular formula is C23H25FN4O. The monoisotopic (exact) mass is 392 g/mol. The molecule has 0 bridgehead atoms. The van der Waals surface area contributed by atoms with E-state index in [0.29, 0.717) is 12.2 Å². The first-order valence-corrected chi connectivity index (χ1v) is 10.1. The molecule has 0 unspecified atom stereocenters. The normalized spacial score (nSPS) is 16.8. The van der Waals surface area contributed by atoms with Gasteiger partial charge < -0.3 is 4.90 Å². The van der Waals surface area contributed by atoms with E-state index in [9.17, 15) is 9.18 Å². The molecule has 1 aromatic carbocycles. The van der Waals surface area contributed by atoms with Gasteiger partial charge in [-0.1, -0.05) is 12.1 Å². The summed E-state index contributed by atoms with van der Waals surface area (Å²) < 4.78 is 15.1. The van der Waals surface area contributed by atoms with E-state index in [2.05, 4.69) is 5.10 Å². The summed E-state index contributed by atoms with van der Waals surface area (Å²) in [5.74, 6) is -0.302. The standard InChI is InChI=1S/C23H25FN4O/c1-3-27-13-11-20(26-27)23(29)28-12-5-4-6-22(28)21-15-18(14-16(2)25-21)17-7-9-19(24)10-8-17/h7-11,13-15,22H,3-6,12H2,1-2H3/t22-/m1/s1. The maximum absolute atomic E-state index is 13.3. The lowest BCUT2D eigenvalue weighted by atomic mass is 9.95. The zero-order chi connectivity index (χ0) is 20.4. The molecule has 0 radical (unpaired) electrons. The molecule has 1 amide bonds. The summed E-state index contributed by atoms with van der Waals surface area (Å²) in [6.07, 6.45) is 4.75. The van der Waals surface area contributed by atoms with Crippen LogP contribution in [0.2, 0.25) is 0 Å². The molecule has 150 valence electrons. The minimum absolute atomic E-state index is 0.0476. The molecule has 29 heavy (non-hydrogen) atoms. The number of hydrogen-bond acceptors (Lipinski definition) is 3. The van der Waals surface area contributed by atoms with Crippen LogP contribution in [0.15, 0.2) is 48.7 Å². The predicted molar refractivity (Wildman–Crippen MR) is 110 cm³/mol. The average Bonchev–Trinajstić information content (AvgIpc) is 3.22. The molecule has 1 aliphatic rings. The van der Waals surface area contributed by atoms with Crippen LogP contribution >= 0.6 is 0 Å². The molecule has 3 heterocycles. The Morgan fingerprint density at radius 2 is 1.93 bits per heavy atom. The molecule has 1 saturated heterocycles. The van der Waals surface area contributed by atoms with Crippen LogP contribution in [-0.2, 0) is 6.54 Å². The van der Waals surface area contributed by atoms with Crippen molar-refractivity contribution in [3.8, 4) is 11.1 Å². The summed E-state index contributed by atoms with van der Waals surface area (Å²) in [6, 6.07) is 12.2. The summed E-state index contributed by atoms with van der Waals surface area (Å²) in [6.45, 7) is 5.38. The van der Waals surface area contributed by atoms with Crippen molar-refractivity contribution in [1.29, 1.82) is 0 Å². The van der Waals surface area contributed by atoms with Gasteiger partial charge in [-0.3, -0.25) is 14.5 Å². The van der Waals surface area contributed by atoms with Gasteiger partial charge in [-0.25, -0.2) is 4.39 Å². The van der Waals surface area contributed by atoms with Crippen LogP contribution < -0.4 is 0 Å². The number of nitrogens with zero attached hydrogens (tertiary/aromatic N) is 4. The van der Waals surface area contributed by atoms with E-state index in [-0.39, 0.29) is 17.8 Å². The van der Waals surface area contributed by atoms with Crippen molar-refractivity contribution < 1.29 is 9.18 Å². The minimum Gasteiger partial charge on any atom is -0.329 e.